The quantitative estimate of drug-likeness (QED) is 0.164. The van der Waals surface area contributed by atoms with Crippen molar-refractivity contribution in [3.05, 3.63) is 74.9 Å². The minimum atomic E-state index is -1.51. The van der Waals surface area contributed by atoms with Crippen LogP contribution in [0.15, 0.2) is 53.3 Å². The van der Waals surface area contributed by atoms with E-state index in [2.05, 4.69) is 5.10 Å². The molecule has 1 fully saturated rings. The molecule has 4 rings (SSSR count). The first-order valence-electron chi connectivity index (χ1n) is 14.7. The van der Waals surface area contributed by atoms with E-state index in [-0.39, 0.29) is 16.9 Å². The van der Waals surface area contributed by atoms with Gasteiger partial charge in [0.15, 0.2) is 36.0 Å². The van der Waals surface area contributed by atoms with Crippen LogP contribution in [-0.2, 0) is 49.3 Å². The molecular weight excluding hydrogens is 650 g/mol. The number of ether oxygens (including phenoxy) is 7. The molecule has 1 aromatic heterocycles. The monoisotopic (exact) mass is 685 g/mol. The van der Waals surface area contributed by atoms with Crippen LogP contribution in [0.1, 0.15) is 45.2 Å². The van der Waals surface area contributed by atoms with Gasteiger partial charge in [-0.05, 0) is 42.0 Å². The summed E-state index contributed by atoms with van der Waals surface area (Å²) < 4.78 is 41.1. The molecule has 5 atom stereocenters. The molecule has 15 nitrogen and oxygen atoms in total. The molecule has 3 aromatic rings. The number of hydrogen-bond donors (Lipinski definition) is 0. The van der Waals surface area contributed by atoms with Crippen LogP contribution in [-0.4, -0.2) is 83.5 Å². The van der Waals surface area contributed by atoms with Crippen molar-refractivity contribution >= 4 is 36.1 Å². The molecule has 0 spiro atoms. The Morgan fingerprint density at radius 1 is 0.812 bits per heavy atom. The number of carbonyl (C=O) groups is 4. The van der Waals surface area contributed by atoms with Gasteiger partial charge < -0.3 is 33.2 Å². The lowest BCUT2D eigenvalue weighted by atomic mass is 9.97. The fourth-order valence-electron chi connectivity index (χ4n) is 5.20. The van der Waals surface area contributed by atoms with Gasteiger partial charge in [0, 0.05) is 34.1 Å². The molecule has 48 heavy (non-hydrogen) atoms. The van der Waals surface area contributed by atoms with Gasteiger partial charge in [-0.15, -0.1) is 0 Å². The zero-order chi connectivity index (χ0) is 35.1. The fraction of sp³-hybridized carbons (Fsp3) is 0.406. The minimum Gasteiger partial charge on any atom is -0.493 e. The zero-order valence-electron chi connectivity index (χ0n) is 27.1. The van der Waals surface area contributed by atoms with Crippen LogP contribution < -0.4 is 15.0 Å². The Hall–Kier alpha value is -5.09. The van der Waals surface area contributed by atoms with Gasteiger partial charge in [-0.25, -0.2) is 4.68 Å². The molecule has 256 valence electrons. The van der Waals surface area contributed by atoms with Crippen molar-refractivity contribution in [2.75, 3.05) is 20.8 Å². The average Bonchev–Trinajstić information content (AvgIpc) is 3.03. The predicted molar refractivity (Wildman–Crippen MR) is 168 cm³/mol. The van der Waals surface area contributed by atoms with E-state index in [1.54, 1.807) is 48.5 Å². The molecule has 2 aromatic carbocycles. The molecule has 1 saturated heterocycles. The second-order valence-electron chi connectivity index (χ2n) is 10.6. The lowest BCUT2D eigenvalue weighted by Gasteiger charge is -2.44. The van der Waals surface area contributed by atoms with E-state index in [0.29, 0.717) is 22.7 Å². The van der Waals surface area contributed by atoms with E-state index in [1.807, 2.05) is 0 Å². The summed E-state index contributed by atoms with van der Waals surface area (Å²) in [5.41, 5.74) is 0.459. The number of carbonyl (C=O) groups excluding carboxylic acids is 4. The summed E-state index contributed by atoms with van der Waals surface area (Å²) in [6, 6.07) is 13.6. The number of methoxy groups -OCH3 is 2. The Morgan fingerprint density at radius 2 is 1.42 bits per heavy atom. The van der Waals surface area contributed by atoms with E-state index < -0.39 is 66.7 Å². The van der Waals surface area contributed by atoms with E-state index in [1.165, 1.54) is 25.7 Å². The van der Waals surface area contributed by atoms with Crippen LogP contribution in [0.25, 0.3) is 5.69 Å². The number of hydrogen-bond acceptors (Lipinski definition) is 14. The first-order chi connectivity index (χ1) is 22.8. The highest BCUT2D eigenvalue weighted by Gasteiger charge is 2.53. The third-order valence-corrected chi connectivity index (χ3v) is 7.48. The average molecular weight is 686 g/mol. The smallest absolute Gasteiger partial charge is 0.303 e. The second-order valence-corrected chi connectivity index (χ2v) is 11.0. The molecule has 0 bridgehead atoms. The molecule has 0 unspecified atom stereocenters. The van der Waals surface area contributed by atoms with Gasteiger partial charge in [-0.2, -0.15) is 5.10 Å². The minimum absolute atomic E-state index is 0.00692. The van der Waals surface area contributed by atoms with E-state index in [0.717, 1.165) is 25.5 Å². The Bertz CT molecular complexity index is 1790. The first kappa shape index (κ1) is 35.8. The highest BCUT2D eigenvalue weighted by atomic mass is 32.1. The van der Waals surface area contributed by atoms with Gasteiger partial charge in [0.25, 0.3) is 5.56 Å². The molecule has 1 aliphatic heterocycles. The molecule has 16 heteroatoms. The molecule has 1 aliphatic rings. The predicted octanol–water partition coefficient (Wildman–Crippen LogP) is 2.63. The molecule has 0 aliphatic carbocycles. The maximum Gasteiger partial charge on any atom is 0.303 e. The summed E-state index contributed by atoms with van der Waals surface area (Å²) in [5.74, 6) is -2.17. The standard InChI is InChI=1S/C32H35N3O12S/c1-17(36)43-16-26-27(44-18(2)37)28(45-19(3)38)29(46-20(4)39)31(47-26)35-32(48)34(22-10-8-7-9-11-22)30(40)23(33-35)14-21-12-13-24(41-5)25(15-21)42-6/h7-13,15,26-29,31H,14,16H2,1-6H3/t26-,27-,28+,29-,31-/m1/s1. The van der Waals surface area contributed by atoms with Crippen LogP contribution in [0.2, 0.25) is 0 Å². The van der Waals surface area contributed by atoms with E-state index in [4.69, 9.17) is 45.4 Å². The zero-order valence-corrected chi connectivity index (χ0v) is 27.9. The van der Waals surface area contributed by atoms with E-state index in [9.17, 15) is 24.0 Å². The second kappa shape index (κ2) is 15.7. The SMILES string of the molecule is COc1ccc(Cc2nn([C@@H]3O[C@H](COC(C)=O)[C@@H](OC(C)=O)[C@H](OC(C)=O)[C@H]3OC(C)=O)c(=S)n(-c3ccccc3)c2=O)cc1OC. The number of benzene rings is 2. The van der Waals surface area contributed by atoms with Gasteiger partial charge in [0.05, 0.1) is 19.9 Å². The van der Waals surface area contributed by atoms with Crippen LogP contribution in [0.3, 0.4) is 0 Å². The molecule has 0 radical (unpaired) electrons. The first-order valence-corrected chi connectivity index (χ1v) is 15.1. The van der Waals surface area contributed by atoms with E-state index >= 15 is 0 Å². The van der Waals surface area contributed by atoms with Gasteiger partial charge >= 0.3 is 23.9 Å². The summed E-state index contributed by atoms with van der Waals surface area (Å²) in [5, 5.41) is 4.60. The van der Waals surface area contributed by atoms with Crippen LogP contribution >= 0.6 is 12.2 Å². The number of aromatic nitrogens is 3. The number of para-hydroxylation sites is 1. The molecule has 2 heterocycles. The Balaban J connectivity index is 1.97. The summed E-state index contributed by atoms with van der Waals surface area (Å²) in [4.78, 5) is 62.9. The summed E-state index contributed by atoms with van der Waals surface area (Å²) in [6.45, 7) is 4.06. The van der Waals surface area contributed by atoms with Gasteiger partial charge in [-0.3, -0.25) is 28.5 Å². The third-order valence-electron chi connectivity index (χ3n) is 7.11. The van der Waals surface area contributed by atoms with Crippen molar-refractivity contribution in [1.29, 1.82) is 0 Å². The fourth-order valence-corrected chi connectivity index (χ4v) is 5.53. The van der Waals surface area contributed by atoms with Crippen LogP contribution in [0.5, 0.6) is 11.5 Å². The van der Waals surface area contributed by atoms with Crippen molar-refractivity contribution < 1.29 is 52.3 Å². The van der Waals surface area contributed by atoms with Gasteiger partial charge in [0.2, 0.25) is 4.77 Å². The molecule has 0 N–H and O–H groups in total. The summed E-state index contributed by atoms with van der Waals surface area (Å²) in [7, 11) is 2.98. The summed E-state index contributed by atoms with van der Waals surface area (Å²) in [6.07, 6.45) is -7.17. The highest BCUT2D eigenvalue weighted by Crippen LogP contribution is 2.35. The highest BCUT2D eigenvalue weighted by molar-refractivity contribution is 7.71. The maximum atomic E-state index is 14.0. The lowest BCUT2D eigenvalue weighted by Crippen LogP contribution is -2.61. The van der Waals surface area contributed by atoms with Gasteiger partial charge in [-0.1, -0.05) is 24.3 Å². The van der Waals surface area contributed by atoms with Gasteiger partial charge in [0.1, 0.15) is 18.4 Å². The van der Waals surface area contributed by atoms with Crippen molar-refractivity contribution in [2.24, 2.45) is 0 Å². The van der Waals surface area contributed by atoms with Crippen molar-refractivity contribution in [1.82, 2.24) is 14.3 Å². The largest absolute Gasteiger partial charge is 0.493 e. The molecule has 0 amide bonds. The van der Waals surface area contributed by atoms with Crippen LogP contribution in [0, 0.1) is 4.77 Å². The summed E-state index contributed by atoms with van der Waals surface area (Å²) >= 11 is 5.80. The number of esters is 4. The third kappa shape index (κ3) is 8.24. The normalized spacial score (nSPS) is 20.2. The van der Waals surface area contributed by atoms with Crippen LogP contribution in [0.4, 0.5) is 0 Å². The van der Waals surface area contributed by atoms with Crippen molar-refractivity contribution in [3.63, 3.8) is 0 Å². The number of rotatable bonds is 11. The topological polar surface area (TPSA) is 173 Å². The Morgan fingerprint density at radius 3 is 2.00 bits per heavy atom. The Kier molecular flexibility index (Phi) is 11.7. The van der Waals surface area contributed by atoms with Crippen molar-refractivity contribution in [3.8, 4) is 17.2 Å². The lowest BCUT2D eigenvalue weighted by molar-refractivity contribution is -0.271. The number of nitrogens with zero attached hydrogens (tertiary/aromatic N) is 3. The maximum absolute atomic E-state index is 14.0. The molecular formula is C32H35N3O12S. The molecule has 0 saturated carbocycles. The Labute approximate surface area is 280 Å². The van der Waals surface area contributed by atoms with Crippen molar-refractivity contribution in [2.45, 2.75) is 64.8 Å².